The summed E-state index contributed by atoms with van der Waals surface area (Å²) in [5.41, 5.74) is 0.513. The molecule has 0 atom stereocenters. The second-order valence-corrected chi connectivity index (χ2v) is 5.30. The molecular weight excluding hydrogens is 370 g/mol. The molecule has 92 valence electrons. The van der Waals surface area contributed by atoms with Gasteiger partial charge >= 0.3 is 0 Å². The van der Waals surface area contributed by atoms with Crippen LogP contribution in [0.25, 0.3) is 0 Å². The zero-order chi connectivity index (χ0) is 13.3. The molecule has 0 heterocycles. The molecule has 0 amide bonds. The minimum atomic E-state index is -0.512. The summed E-state index contributed by atoms with van der Waals surface area (Å²) in [6.07, 6.45) is 0. The third kappa shape index (κ3) is 2.67. The van der Waals surface area contributed by atoms with E-state index in [1.807, 2.05) is 0 Å². The van der Waals surface area contributed by atoms with Crippen molar-refractivity contribution in [3.05, 3.63) is 68.1 Å². The molecule has 2 aromatic carbocycles. The second kappa shape index (κ2) is 5.28. The van der Waals surface area contributed by atoms with Crippen molar-refractivity contribution in [2.75, 3.05) is 0 Å². The number of ketones is 1. The van der Waals surface area contributed by atoms with Gasteiger partial charge in [0.25, 0.3) is 0 Å². The standard InChI is InChI=1S/C13H6Br2F2O/c14-9-3-1-8(6-12(9)17)13(18)7-2-4-11(16)10(15)5-7/h1-6H. The van der Waals surface area contributed by atoms with Crippen molar-refractivity contribution in [1.29, 1.82) is 0 Å². The number of halogens is 4. The predicted octanol–water partition coefficient (Wildman–Crippen LogP) is 4.72. The van der Waals surface area contributed by atoms with Crippen LogP contribution in [0.4, 0.5) is 8.78 Å². The predicted molar refractivity (Wildman–Crippen MR) is 71.6 cm³/mol. The van der Waals surface area contributed by atoms with Gasteiger partial charge in [-0.1, -0.05) is 0 Å². The van der Waals surface area contributed by atoms with E-state index in [1.54, 1.807) is 0 Å². The third-order valence-corrected chi connectivity index (χ3v) is 3.61. The van der Waals surface area contributed by atoms with Crippen molar-refractivity contribution in [3.63, 3.8) is 0 Å². The van der Waals surface area contributed by atoms with E-state index in [0.29, 0.717) is 10.0 Å². The van der Waals surface area contributed by atoms with Gasteiger partial charge in [0, 0.05) is 11.1 Å². The molecule has 2 aromatic rings. The van der Waals surface area contributed by atoms with Crippen LogP contribution in [-0.2, 0) is 0 Å². The monoisotopic (exact) mass is 374 g/mol. The average molecular weight is 376 g/mol. The summed E-state index contributed by atoms with van der Waals surface area (Å²) in [5.74, 6) is -1.32. The van der Waals surface area contributed by atoms with Gasteiger partial charge in [0.2, 0.25) is 0 Å². The van der Waals surface area contributed by atoms with E-state index in [-0.39, 0.29) is 15.8 Å². The number of hydrogen-bond donors (Lipinski definition) is 0. The zero-order valence-corrected chi connectivity index (χ0v) is 12.1. The van der Waals surface area contributed by atoms with Gasteiger partial charge in [0.05, 0.1) is 8.95 Å². The highest BCUT2D eigenvalue weighted by Crippen LogP contribution is 2.21. The summed E-state index contributed by atoms with van der Waals surface area (Å²) in [6.45, 7) is 0. The first-order chi connectivity index (χ1) is 8.49. The van der Waals surface area contributed by atoms with Gasteiger partial charge in [0.15, 0.2) is 5.78 Å². The second-order valence-electron chi connectivity index (χ2n) is 3.59. The molecule has 0 bridgehead atoms. The highest BCUT2D eigenvalue weighted by atomic mass is 79.9. The van der Waals surface area contributed by atoms with Crippen LogP contribution in [0, 0.1) is 11.6 Å². The third-order valence-electron chi connectivity index (χ3n) is 2.36. The van der Waals surface area contributed by atoms with E-state index >= 15 is 0 Å². The lowest BCUT2D eigenvalue weighted by Crippen LogP contribution is -2.02. The van der Waals surface area contributed by atoms with Gasteiger partial charge in [-0.3, -0.25) is 4.79 Å². The smallest absolute Gasteiger partial charge is 0.193 e. The Balaban J connectivity index is 2.41. The first kappa shape index (κ1) is 13.4. The van der Waals surface area contributed by atoms with E-state index < -0.39 is 11.6 Å². The molecule has 5 heteroatoms. The molecule has 2 rings (SSSR count). The van der Waals surface area contributed by atoms with Crippen molar-refractivity contribution in [2.45, 2.75) is 0 Å². The Bertz CT molecular complexity index is 573. The summed E-state index contributed by atoms with van der Waals surface area (Å²) in [4.78, 5) is 12.0. The maximum absolute atomic E-state index is 13.3. The van der Waals surface area contributed by atoms with Gasteiger partial charge in [-0.25, -0.2) is 8.78 Å². The lowest BCUT2D eigenvalue weighted by molar-refractivity contribution is 0.103. The SMILES string of the molecule is O=C(c1ccc(Br)c(F)c1)c1ccc(F)c(Br)c1. The molecule has 0 saturated heterocycles. The topological polar surface area (TPSA) is 17.1 Å². The summed E-state index contributed by atoms with van der Waals surface area (Å²) in [7, 11) is 0. The summed E-state index contributed by atoms with van der Waals surface area (Å²) < 4.78 is 26.9. The molecule has 0 saturated carbocycles. The van der Waals surface area contributed by atoms with Crippen LogP contribution in [0.3, 0.4) is 0 Å². The van der Waals surface area contributed by atoms with Gasteiger partial charge in [-0.2, -0.15) is 0 Å². The zero-order valence-electron chi connectivity index (χ0n) is 8.88. The van der Waals surface area contributed by atoms with Gasteiger partial charge in [0.1, 0.15) is 11.6 Å². The quantitative estimate of drug-likeness (QED) is 0.694. The van der Waals surface area contributed by atoms with Crippen LogP contribution >= 0.6 is 31.9 Å². The largest absolute Gasteiger partial charge is 0.289 e. The Morgan fingerprint density at radius 1 is 0.833 bits per heavy atom. The number of carbonyl (C=O) groups is 1. The van der Waals surface area contributed by atoms with E-state index in [9.17, 15) is 13.6 Å². The highest BCUT2D eigenvalue weighted by Gasteiger charge is 2.12. The lowest BCUT2D eigenvalue weighted by atomic mass is 10.0. The number of carbonyl (C=O) groups excluding carboxylic acids is 1. The molecular formula is C13H6Br2F2O. The molecule has 0 aromatic heterocycles. The number of benzene rings is 2. The van der Waals surface area contributed by atoms with E-state index in [0.717, 1.165) is 6.07 Å². The Morgan fingerprint density at radius 3 is 2.06 bits per heavy atom. The number of rotatable bonds is 2. The average Bonchev–Trinajstić information content (AvgIpc) is 2.35. The van der Waals surface area contributed by atoms with Crippen LogP contribution in [0.1, 0.15) is 15.9 Å². The molecule has 0 N–H and O–H groups in total. The molecule has 0 aliphatic rings. The highest BCUT2D eigenvalue weighted by molar-refractivity contribution is 9.10. The van der Waals surface area contributed by atoms with Crippen LogP contribution in [-0.4, -0.2) is 5.78 Å². The molecule has 0 spiro atoms. The van der Waals surface area contributed by atoms with Gasteiger partial charge in [-0.15, -0.1) is 0 Å². The molecule has 18 heavy (non-hydrogen) atoms. The fourth-order valence-electron chi connectivity index (χ4n) is 1.44. The van der Waals surface area contributed by atoms with E-state index in [2.05, 4.69) is 31.9 Å². The van der Waals surface area contributed by atoms with Crippen molar-refractivity contribution in [3.8, 4) is 0 Å². The first-order valence-corrected chi connectivity index (χ1v) is 6.52. The van der Waals surface area contributed by atoms with E-state index in [4.69, 9.17) is 0 Å². The number of hydrogen-bond acceptors (Lipinski definition) is 1. The Hall–Kier alpha value is -1.07. The van der Waals surface area contributed by atoms with Crippen molar-refractivity contribution >= 4 is 37.6 Å². The van der Waals surface area contributed by atoms with Gasteiger partial charge in [-0.05, 0) is 68.3 Å². The molecule has 1 nitrogen and oxygen atoms in total. The maximum Gasteiger partial charge on any atom is 0.193 e. The van der Waals surface area contributed by atoms with Crippen LogP contribution in [0.15, 0.2) is 45.3 Å². The normalized spacial score (nSPS) is 10.4. The minimum absolute atomic E-state index is 0.200. The Morgan fingerprint density at radius 2 is 1.44 bits per heavy atom. The molecule has 0 fully saturated rings. The van der Waals surface area contributed by atoms with Crippen LogP contribution in [0.2, 0.25) is 0 Å². The van der Waals surface area contributed by atoms with Gasteiger partial charge < -0.3 is 0 Å². The minimum Gasteiger partial charge on any atom is -0.289 e. The van der Waals surface area contributed by atoms with Crippen molar-refractivity contribution < 1.29 is 13.6 Å². The summed E-state index contributed by atoms with van der Waals surface area (Å²) in [5, 5.41) is 0. The molecule has 0 aliphatic heterocycles. The maximum atomic E-state index is 13.3. The van der Waals surface area contributed by atoms with Crippen LogP contribution in [0.5, 0.6) is 0 Å². The Labute approximate surface area is 119 Å². The van der Waals surface area contributed by atoms with E-state index in [1.165, 1.54) is 30.3 Å². The summed E-state index contributed by atoms with van der Waals surface area (Å²) in [6, 6.07) is 8.03. The van der Waals surface area contributed by atoms with Crippen molar-refractivity contribution in [2.24, 2.45) is 0 Å². The van der Waals surface area contributed by atoms with Crippen molar-refractivity contribution in [1.82, 2.24) is 0 Å². The fourth-order valence-corrected chi connectivity index (χ4v) is 2.07. The van der Waals surface area contributed by atoms with Crippen LogP contribution < -0.4 is 0 Å². The molecule has 0 radical (unpaired) electrons. The fraction of sp³-hybridized carbons (Fsp3) is 0. The lowest BCUT2D eigenvalue weighted by Gasteiger charge is -2.03. The summed E-state index contributed by atoms with van der Waals surface area (Å²) >= 11 is 6.02. The molecule has 0 aliphatic carbocycles. The Kier molecular flexibility index (Phi) is 3.92. The first-order valence-electron chi connectivity index (χ1n) is 4.94. The molecule has 0 unspecified atom stereocenters.